The molecule has 0 fully saturated rings. The summed E-state index contributed by atoms with van der Waals surface area (Å²) in [6.45, 7) is 0.723. The Morgan fingerprint density at radius 2 is 2.17 bits per heavy atom. The molecule has 0 aliphatic carbocycles. The van der Waals surface area contributed by atoms with Gasteiger partial charge in [0.25, 0.3) is 5.69 Å². The van der Waals surface area contributed by atoms with E-state index in [1.807, 2.05) is 0 Å². The van der Waals surface area contributed by atoms with E-state index in [0.29, 0.717) is 18.8 Å². The second-order valence-corrected chi connectivity index (χ2v) is 7.27. The Morgan fingerprint density at radius 1 is 1.46 bits per heavy atom. The van der Waals surface area contributed by atoms with Crippen molar-refractivity contribution < 1.29 is 13.3 Å². The van der Waals surface area contributed by atoms with Crippen molar-refractivity contribution in [3.63, 3.8) is 0 Å². The fraction of sp³-hybridized carbons (Fsp3) is 0.267. The molecule has 2 rings (SSSR count). The van der Waals surface area contributed by atoms with Gasteiger partial charge in [0.05, 0.1) is 21.7 Å². The van der Waals surface area contributed by atoms with Gasteiger partial charge < -0.3 is 4.90 Å². The van der Waals surface area contributed by atoms with E-state index in [2.05, 4.69) is 11.0 Å². The molecule has 9 heteroatoms. The highest BCUT2D eigenvalue weighted by Gasteiger charge is 2.21. The summed E-state index contributed by atoms with van der Waals surface area (Å²) in [5.41, 5.74) is 0.952. The Kier molecular flexibility index (Phi) is 4.90. The van der Waals surface area contributed by atoms with E-state index in [1.165, 1.54) is 12.1 Å². The number of nitro benzene ring substituents is 1. The third kappa shape index (κ3) is 3.91. The molecule has 0 unspecified atom stereocenters. The SMILES string of the molecule is C#CCn1cc(CN(C)c2ccc([N+](=O)[O-])cc2S(C)(=O)=O)cn1. The first-order chi connectivity index (χ1) is 11.2. The number of hydrogen-bond acceptors (Lipinski definition) is 6. The summed E-state index contributed by atoms with van der Waals surface area (Å²) in [7, 11) is -1.92. The van der Waals surface area contributed by atoms with Gasteiger partial charge in [-0.25, -0.2) is 8.42 Å². The molecule has 0 bridgehead atoms. The smallest absolute Gasteiger partial charge is 0.270 e. The molecule has 0 saturated carbocycles. The maximum Gasteiger partial charge on any atom is 0.270 e. The van der Waals surface area contributed by atoms with Crippen LogP contribution in [0.4, 0.5) is 11.4 Å². The molecular formula is C15H16N4O4S. The standard InChI is InChI=1S/C15H16N4O4S/c1-4-7-18-11-12(9-16-18)10-17(2)14-6-5-13(19(20)21)8-15(14)24(3,22)23/h1,5-6,8-9,11H,7,10H2,2-3H3. The van der Waals surface area contributed by atoms with Crippen molar-refractivity contribution >= 4 is 21.2 Å². The van der Waals surface area contributed by atoms with Crippen molar-refractivity contribution in [3.05, 3.63) is 46.3 Å². The van der Waals surface area contributed by atoms with Crippen molar-refractivity contribution in [2.24, 2.45) is 0 Å². The van der Waals surface area contributed by atoms with Crippen LogP contribution in [0.5, 0.6) is 0 Å². The van der Waals surface area contributed by atoms with Crippen molar-refractivity contribution in [1.29, 1.82) is 0 Å². The first kappa shape index (κ1) is 17.5. The van der Waals surface area contributed by atoms with E-state index in [0.717, 1.165) is 17.9 Å². The predicted molar refractivity (Wildman–Crippen MR) is 89.4 cm³/mol. The Morgan fingerprint density at radius 3 is 2.75 bits per heavy atom. The zero-order valence-electron chi connectivity index (χ0n) is 13.2. The first-order valence-corrected chi connectivity index (χ1v) is 8.76. The van der Waals surface area contributed by atoms with Crippen LogP contribution in [0.2, 0.25) is 0 Å². The normalized spacial score (nSPS) is 11.0. The Hall–Kier alpha value is -2.86. The second-order valence-electron chi connectivity index (χ2n) is 5.29. The fourth-order valence-corrected chi connectivity index (χ4v) is 3.19. The summed E-state index contributed by atoms with van der Waals surface area (Å²) in [5, 5.41) is 15.0. The van der Waals surface area contributed by atoms with E-state index in [-0.39, 0.29) is 10.6 Å². The quantitative estimate of drug-likeness (QED) is 0.445. The third-order valence-electron chi connectivity index (χ3n) is 3.32. The Balaban J connectivity index is 2.36. The minimum atomic E-state index is -3.62. The fourth-order valence-electron chi connectivity index (χ4n) is 2.26. The van der Waals surface area contributed by atoms with Crippen LogP contribution in [-0.4, -0.2) is 36.4 Å². The molecule has 0 aliphatic rings. The van der Waals surface area contributed by atoms with Gasteiger partial charge in [0.2, 0.25) is 0 Å². The van der Waals surface area contributed by atoms with E-state index in [9.17, 15) is 18.5 Å². The van der Waals surface area contributed by atoms with Crippen LogP contribution in [0, 0.1) is 22.5 Å². The number of hydrogen-bond donors (Lipinski definition) is 0. The molecular weight excluding hydrogens is 332 g/mol. The second kappa shape index (κ2) is 6.72. The van der Waals surface area contributed by atoms with Gasteiger partial charge in [0.1, 0.15) is 6.54 Å². The van der Waals surface area contributed by atoms with Crippen LogP contribution in [0.3, 0.4) is 0 Å². The monoisotopic (exact) mass is 348 g/mol. The molecule has 2 aromatic rings. The summed E-state index contributed by atoms with van der Waals surface area (Å²) in [5.74, 6) is 2.47. The van der Waals surface area contributed by atoms with Crippen molar-refractivity contribution in [2.45, 2.75) is 18.0 Å². The lowest BCUT2D eigenvalue weighted by atomic mass is 10.2. The van der Waals surface area contributed by atoms with E-state index in [4.69, 9.17) is 6.42 Å². The van der Waals surface area contributed by atoms with Crippen LogP contribution >= 0.6 is 0 Å². The molecule has 0 aliphatic heterocycles. The molecule has 24 heavy (non-hydrogen) atoms. The number of rotatable bonds is 6. The molecule has 8 nitrogen and oxygen atoms in total. The lowest BCUT2D eigenvalue weighted by molar-refractivity contribution is -0.385. The molecule has 1 aromatic heterocycles. The van der Waals surface area contributed by atoms with Gasteiger partial charge in [-0.3, -0.25) is 14.8 Å². The van der Waals surface area contributed by atoms with Crippen LogP contribution in [0.15, 0.2) is 35.5 Å². The van der Waals surface area contributed by atoms with Crippen LogP contribution in [-0.2, 0) is 22.9 Å². The van der Waals surface area contributed by atoms with Crippen LogP contribution in [0.25, 0.3) is 0 Å². The van der Waals surface area contributed by atoms with Crippen molar-refractivity contribution in [1.82, 2.24) is 9.78 Å². The predicted octanol–water partition coefficient (Wildman–Crippen LogP) is 1.46. The molecule has 0 spiro atoms. The summed E-state index contributed by atoms with van der Waals surface area (Å²) in [4.78, 5) is 11.9. The minimum Gasteiger partial charge on any atom is -0.369 e. The maximum atomic E-state index is 12.0. The molecule has 0 N–H and O–H groups in total. The number of aromatic nitrogens is 2. The number of nitro groups is 1. The largest absolute Gasteiger partial charge is 0.369 e. The van der Waals surface area contributed by atoms with Gasteiger partial charge in [0.15, 0.2) is 9.84 Å². The number of benzene rings is 1. The highest BCUT2D eigenvalue weighted by molar-refractivity contribution is 7.90. The first-order valence-electron chi connectivity index (χ1n) is 6.87. The molecule has 1 heterocycles. The topological polar surface area (TPSA) is 98.3 Å². The average Bonchev–Trinajstić information content (AvgIpc) is 2.93. The van der Waals surface area contributed by atoms with Gasteiger partial charge >= 0.3 is 0 Å². The number of nitrogens with zero attached hydrogens (tertiary/aromatic N) is 4. The van der Waals surface area contributed by atoms with Crippen LogP contribution < -0.4 is 4.90 Å². The zero-order valence-corrected chi connectivity index (χ0v) is 14.0. The van der Waals surface area contributed by atoms with E-state index >= 15 is 0 Å². The van der Waals surface area contributed by atoms with Gasteiger partial charge in [-0.05, 0) is 6.07 Å². The Labute approximate surface area is 139 Å². The van der Waals surface area contributed by atoms with E-state index in [1.54, 1.807) is 29.0 Å². The van der Waals surface area contributed by atoms with E-state index < -0.39 is 14.8 Å². The molecule has 126 valence electrons. The molecule has 0 amide bonds. The molecule has 0 atom stereocenters. The molecule has 0 radical (unpaired) electrons. The summed E-state index contributed by atoms with van der Waals surface area (Å²) in [6.07, 6.45) is 9.65. The summed E-state index contributed by atoms with van der Waals surface area (Å²) in [6, 6.07) is 3.78. The van der Waals surface area contributed by atoms with Gasteiger partial charge in [0, 0.05) is 43.7 Å². The number of sulfone groups is 1. The lowest BCUT2D eigenvalue weighted by Gasteiger charge is -2.21. The van der Waals surface area contributed by atoms with Gasteiger partial charge in [-0.15, -0.1) is 6.42 Å². The van der Waals surface area contributed by atoms with Gasteiger partial charge in [-0.2, -0.15) is 5.10 Å². The van der Waals surface area contributed by atoms with Crippen molar-refractivity contribution in [2.75, 3.05) is 18.2 Å². The number of non-ortho nitro benzene ring substituents is 1. The third-order valence-corrected chi connectivity index (χ3v) is 4.45. The summed E-state index contributed by atoms with van der Waals surface area (Å²) < 4.78 is 25.6. The summed E-state index contributed by atoms with van der Waals surface area (Å²) >= 11 is 0. The molecule has 1 aromatic carbocycles. The van der Waals surface area contributed by atoms with Gasteiger partial charge in [-0.1, -0.05) is 5.92 Å². The zero-order chi connectivity index (χ0) is 17.9. The highest BCUT2D eigenvalue weighted by atomic mass is 32.2. The van der Waals surface area contributed by atoms with Crippen molar-refractivity contribution in [3.8, 4) is 12.3 Å². The number of anilines is 1. The number of terminal acetylenes is 1. The highest BCUT2D eigenvalue weighted by Crippen LogP contribution is 2.29. The minimum absolute atomic E-state index is 0.0878. The van der Waals surface area contributed by atoms with Crippen LogP contribution in [0.1, 0.15) is 5.56 Å². The molecule has 0 saturated heterocycles. The average molecular weight is 348 g/mol. The maximum absolute atomic E-state index is 12.0. The lowest BCUT2D eigenvalue weighted by Crippen LogP contribution is -2.19. The Bertz CT molecular complexity index is 912.